The highest BCUT2D eigenvalue weighted by atomic mass is 35.5. The molecule has 3 rings (SSSR count). The molecule has 3 aromatic rings. The van der Waals surface area contributed by atoms with Crippen LogP contribution in [0, 0.1) is 5.82 Å². The third-order valence-electron chi connectivity index (χ3n) is 2.94. The van der Waals surface area contributed by atoms with Crippen molar-refractivity contribution in [3.8, 4) is 16.9 Å². The molecule has 0 saturated heterocycles. The van der Waals surface area contributed by atoms with Gasteiger partial charge < -0.3 is 5.73 Å². The molecule has 1 heterocycles. The van der Waals surface area contributed by atoms with Gasteiger partial charge in [-0.05, 0) is 24.3 Å². The number of aromatic nitrogens is 2. The lowest BCUT2D eigenvalue weighted by Crippen LogP contribution is -1.95. The van der Waals surface area contributed by atoms with Gasteiger partial charge in [-0.3, -0.25) is 0 Å². The number of halogens is 2. The van der Waals surface area contributed by atoms with Crippen molar-refractivity contribution in [1.82, 2.24) is 9.78 Å². The molecule has 0 aliphatic rings. The van der Waals surface area contributed by atoms with Crippen LogP contribution in [0.25, 0.3) is 16.9 Å². The molecule has 2 aromatic carbocycles. The first kappa shape index (κ1) is 12.7. The van der Waals surface area contributed by atoms with E-state index in [0.717, 1.165) is 5.56 Å². The second-order valence-corrected chi connectivity index (χ2v) is 4.74. The van der Waals surface area contributed by atoms with Crippen molar-refractivity contribution in [1.29, 1.82) is 0 Å². The number of rotatable bonds is 2. The molecule has 0 saturated carbocycles. The van der Waals surface area contributed by atoms with Gasteiger partial charge in [0.25, 0.3) is 0 Å². The maximum atomic E-state index is 13.3. The summed E-state index contributed by atoms with van der Waals surface area (Å²) < 4.78 is 14.8. The van der Waals surface area contributed by atoms with Crippen LogP contribution in [0.2, 0.25) is 5.02 Å². The first-order valence-electron chi connectivity index (χ1n) is 6.01. The van der Waals surface area contributed by atoms with Crippen LogP contribution in [0.5, 0.6) is 0 Å². The monoisotopic (exact) mass is 287 g/mol. The number of hydrogen-bond donors (Lipinski definition) is 1. The highest BCUT2D eigenvalue weighted by Gasteiger charge is 2.12. The molecule has 0 aliphatic heterocycles. The van der Waals surface area contributed by atoms with Crippen molar-refractivity contribution in [2.45, 2.75) is 0 Å². The van der Waals surface area contributed by atoms with E-state index in [-0.39, 0.29) is 5.82 Å². The van der Waals surface area contributed by atoms with Crippen LogP contribution in [0.1, 0.15) is 0 Å². The van der Waals surface area contributed by atoms with Crippen molar-refractivity contribution in [2.24, 2.45) is 0 Å². The molecule has 20 heavy (non-hydrogen) atoms. The highest BCUT2D eigenvalue weighted by Crippen LogP contribution is 2.31. The molecule has 3 nitrogen and oxygen atoms in total. The normalized spacial score (nSPS) is 10.7. The predicted octanol–water partition coefficient (Wildman–Crippen LogP) is 3.91. The van der Waals surface area contributed by atoms with Crippen molar-refractivity contribution in [3.63, 3.8) is 0 Å². The van der Waals surface area contributed by atoms with Gasteiger partial charge in [-0.2, -0.15) is 5.10 Å². The number of anilines is 1. The molecule has 2 N–H and O–H groups in total. The first-order valence-corrected chi connectivity index (χ1v) is 6.39. The van der Waals surface area contributed by atoms with Crippen LogP contribution >= 0.6 is 11.6 Å². The van der Waals surface area contributed by atoms with Gasteiger partial charge in [0.15, 0.2) is 0 Å². The van der Waals surface area contributed by atoms with Crippen LogP contribution in [0.15, 0.2) is 54.7 Å². The minimum atomic E-state index is -0.323. The third kappa shape index (κ3) is 2.26. The minimum Gasteiger partial charge on any atom is -0.396 e. The van der Waals surface area contributed by atoms with Gasteiger partial charge >= 0.3 is 0 Å². The van der Waals surface area contributed by atoms with Gasteiger partial charge in [-0.1, -0.05) is 35.9 Å². The number of nitrogens with two attached hydrogens (primary N) is 1. The lowest BCUT2D eigenvalue weighted by Gasteiger charge is -2.02. The largest absolute Gasteiger partial charge is 0.396 e. The van der Waals surface area contributed by atoms with Gasteiger partial charge in [-0.25, -0.2) is 9.07 Å². The Balaban J connectivity index is 2.10. The second-order valence-electron chi connectivity index (χ2n) is 4.34. The first-order chi connectivity index (χ1) is 9.65. The average molecular weight is 288 g/mol. The minimum absolute atomic E-state index is 0.323. The van der Waals surface area contributed by atoms with Crippen LogP contribution in [0.3, 0.4) is 0 Å². The summed E-state index contributed by atoms with van der Waals surface area (Å²) in [7, 11) is 0. The highest BCUT2D eigenvalue weighted by molar-refractivity contribution is 6.33. The fraction of sp³-hybridized carbons (Fsp3) is 0. The number of benzene rings is 2. The Morgan fingerprint density at radius 1 is 1.10 bits per heavy atom. The van der Waals surface area contributed by atoms with E-state index in [4.69, 9.17) is 17.3 Å². The molecule has 0 unspecified atom stereocenters. The van der Waals surface area contributed by atoms with E-state index in [2.05, 4.69) is 5.10 Å². The van der Waals surface area contributed by atoms with Gasteiger partial charge in [-0.15, -0.1) is 0 Å². The Morgan fingerprint density at radius 2 is 1.90 bits per heavy atom. The van der Waals surface area contributed by atoms with Gasteiger partial charge in [0.2, 0.25) is 0 Å². The predicted molar refractivity (Wildman–Crippen MR) is 78.4 cm³/mol. The van der Waals surface area contributed by atoms with Crippen LogP contribution < -0.4 is 5.73 Å². The van der Waals surface area contributed by atoms with Crippen LogP contribution in [0.4, 0.5) is 10.1 Å². The van der Waals surface area contributed by atoms with Crippen molar-refractivity contribution >= 4 is 17.3 Å². The van der Waals surface area contributed by atoms with E-state index >= 15 is 0 Å². The molecular weight excluding hydrogens is 277 g/mol. The number of nitrogens with zero attached hydrogens (tertiary/aromatic N) is 2. The van der Waals surface area contributed by atoms with Crippen LogP contribution in [-0.2, 0) is 0 Å². The molecule has 0 atom stereocenters. The molecule has 0 fully saturated rings. The molecule has 0 bridgehead atoms. The fourth-order valence-electron chi connectivity index (χ4n) is 2.00. The number of nitrogen functional groups attached to an aromatic ring is 1. The lowest BCUT2D eigenvalue weighted by molar-refractivity contribution is 0.625. The van der Waals surface area contributed by atoms with Gasteiger partial charge in [0, 0.05) is 5.56 Å². The summed E-state index contributed by atoms with van der Waals surface area (Å²) in [5.74, 6) is -0.323. The maximum absolute atomic E-state index is 13.3. The summed E-state index contributed by atoms with van der Waals surface area (Å²) in [5, 5.41) is 4.97. The van der Waals surface area contributed by atoms with E-state index in [9.17, 15) is 4.39 Å². The Morgan fingerprint density at radius 3 is 2.65 bits per heavy atom. The molecule has 5 heteroatoms. The van der Waals surface area contributed by atoms with E-state index in [1.807, 2.05) is 18.2 Å². The van der Waals surface area contributed by atoms with E-state index in [0.29, 0.717) is 22.1 Å². The SMILES string of the molecule is Nc1cn(-c2cccc(F)c2)nc1-c1ccccc1Cl. The Hall–Kier alpha value is -2.33. The Bertz CT molecular complexity index is 767. The maximum Gasteiger partial charge on any atom is 0.125 e. The summed E-state index contributed by atoms with van der Waals surface area (Å²) in [6.45, 7) is 0. The molecule has 0 radical (unpaired) electrons. The standard InChI is InChI=1S/C15H11ClFN3/c16-13-7-2-1-6-12(13)15-14(18)9-20(19-15)11-5-3-4-10(17)8-11/h1-9H,18H2. The van der Waals surface area contributed by atoms with Crippen molar-refractivity contribution < 1.29 is 4.39 Å². The quantitative estimate of drug-likeness (QED) is 0.776. The smallest absolute Gasteiger partial charge is 0.125 e. The summed E-state index contributed by atoms with van der Waals surface area (Å²) in [4.78, 5) is 0. The Labute approximate surface area is 120 Å². The van der Waals surface area contributed by atoms with E-state index < -0.39 is 0 Å². The molecule has 0 amide bonds. The van der Waals surface area contributed by atoms with E-state index in [1.54, 1.807) is 24.4 Å². The van der Waals surface area contributed by atoms with Crippen molar-refractivity contribution in [3.05, 3.63) is 65.6 Å². The lowest BCUT2D eigenvalue weighted by atomic mass is 10.1. The zero-order chi connectivity index (χ0) is 14.1. The molecule has 100 valence electrons. The van der Waals surface area contributed by atoms with Crippen molar-refractivity contribution in [2.75, 3.05) is 5.73 Å². The summed E-state index contributed by atoms with van der Waals surface area (Å²) >= 11 is 6.15. The second kappa shape index (κ2) is 4.98. The molecule has 1 aromatic heterocycles. The molecular formula is C15H11ClFN3. The van der Waals surface area contributed by atoms with Gasteiger partial charge in [0.05, 0.1) is 22.6 Å². The third-order valence-corrected chi connectivity index (χ3v) is 3.27. The van der Waals surface area contributed by atoms with E-state index in [1.165, 1.54) is 16.8 Å². The zero-order valence-electron chi connectivity index (χ0n) is 10.4. The topological polar surface area (TPSA) is 43.8 Å². The molecule has 0 spiro atoms. The molecule has 0 aliphatic carbocycles. The van der Waals surface area contributed by atoms with Gasteiger partial charge in [0.1, 0.15) is 11.5 Å². The van der Waals surface area contributed by atoms with Crippen LogP contribution in [-0.4, -0.2) is 9.78 Å². The fourth-order valence-corrected chi connectivity index (χ4v) is 2.23. The summed E-state index contributed by atoms with van der Waals surface area (Å²) in [6.07, 6.45) is 1.65. The summed E-state index contributed by atoms with van der Waals surface area (Å²) in [5.41, 5.74) is 8.41. The Kier molecular flexibility index (Phi) is 3.16. The average Bonchev–Trinajstić information content (AvgIpc) is 2.81. The zero-order valence-corrected chi connectivity index (χ0v) is 11.2. The number of hydrogen-bond acceptors (Lipinski definition) is 2. The summed E-state index contributed by atoms with van der Waals surface area (Å²) in [6, 6.07) is 13.5.